The third kappa shape index (κ3) is 3.50. The number of ether oxygens (including phenoxy) is 2. The number of benzene rings is 1. The standard InChI is InChI=1S/C19H18F2N4O2/c1-10-11(2)23-19-17(22-10)16(14-4-3-13(20)7-15(14)21)24-18(25-19)12-5-6-26-9-27-8-12/h3-4,7,12H,5-6,8-9H2,1-2H3. The van der Waals surface area contributed by atoms with E-state index < -0.39 is 11.6 Å². The Morgan fingerprint density at radius 3 is 2.63 bits per heavy atom. The molecule has 3 aromatic rings. The van der Waals surface area contributed by atoms with Gasteiger partial charge in [0.05, 0.1) is 24.6 Å². The van der Waals surface area contributed by atoms with Crippen molar-refractivity contribution in [1.82, 2.24) is 19.9 Å². The van der Waals surface area contributed by atoms with Crippen LogP contribution in [0.4, 0.5) is 8.78 Å². The van der Waals surface area contributed by atoms with Gasteiger partial charge in [-0.25, -0.2) is 28.7 Å². The molecule has 3 heterocycles. The molecule has 27 heavy (non-hydrogen) atoms. The molecular weight excluding hydrogens is 354 g/mol. The number of nitrogens with zero attached hydrogens (tertiary/aromatic N) is 4. The number of aryl methyl sites for hydroxylation is 2. The van der Waals surface area contributed by atoms with E-state index in [1.54, 1.807) is 0 Å². The lowest BCUT2D eigenvalue weighted by atomic mass is 10.0. The first-order valence-corrected chi connectivity index (χ1v) is 8.66. The maximum Gasteiger partial charge on any atom is 0.182 e. The summed E-state index contributed by atoms with van der Waals surface area (Å²) in [6.45, 7) is 4.79. The molecule has 1 aromatic carbocycles. The number of hydrogen-bond acceptors (Lipinski definition) is 6. The first kappa shape index (κ1) is 17.8. The quantitative estimate of drug-likeness (QED) is 0.686. The summed E-state index contributed by atoms with van der Waals surface area (Å²) in [5.41, 5.74) is 2.67. The lowest BCUT2D eigenvalue weighted by Crippen LogP contribution is -2.13. The maximum absolute atomic E-state index is 14.5. The third-order valence-corrected chi connectivity index (χ3v) is 4.61. The van der Waals surface area contributed by atoms with Crippen LogP contribution in [0.3, 0.4) is 0 Å². The van der Waals surface area contributed by atoms with Crippen molar-refractivity contribution < 1.29 is 18.3 Å². The molecule has 0 amide bonds. The highest BCUT2D eigenvalue weighted by molar-refractivity contribution is 5.87. The summed E-state index contributed by atoms with van der Waals surface area (Å²) in [7, 11) is 0. The molecule has 140 valence electrons. The Hall–Kier alpha value is -2.58. The summed E-state index contributed by atoms with van der Waals surface area (Å²) in [4.78, 5) is 18.2. The van der Waals surface area contributed by atoms with Gasteiger partial charge in [0.15, 0.2) is 5.65 Å². The van der Waals surface area contributed by atoms with Gasteiger partial charge in [-0.05, 0) is 32.4 Å². The number of hydrogen-bond donors (Lipinski definition) is 0. The minimum absolute atomic E-state index is 0.109. The van der Waals surface area contributed by atoms with Crippen LogP contribution in [0, 0.1) is 25.5 Å². The van der Waals surface area contributed by atoms with Crippen molar-refractivity contribution in [2.24, 2.45) is 0 Å². The normalized spacial score (nSPS) is 17.9. The maximum atomic E-state index is 14.5. The van der Waals surface area contributed by atoms with Gasteiger partial charge in [-0.2, -0.15) is 0 Å². The van der Waals surface area contributed by atoms with E-state index in [9.17, 15) is 8.78 Å². The summed E-state index contributed by atoms with van der Waals surface area (Å²) in [6.07, 6.45) is 0.676. The number of aromatic nitrogens is 4. The van der Waals surface area contributed by atoms with Crippen LogP contribution in [-0.2, 0) is 9.47 Å². The summed E-state index contributed by atoms with van der Waals surface area (Å²) in [5, 5.41) is 0. The molecule has 0 N–H and O–H groups in total. The van der Waals surface area contributed by atoms with Crippen molar-refractivity contribution >= 4 is 11.2 Å². The topological polar surface area (TPSA) is 70.0 Å². The van der Waals surface area contributed by atoms with Gasteiger partial charge in [0.1, 0.15) is 35.5 Å². The molecule has 1 unspecified atom stereocenters. The average Bonchev–Trinajstić information content (AvgIpc) is 2.92. The van der Waals surface area contributed by atoms with E-state index in [1.807, 2.05) is 13.8 Å². The fourth-order valence-corrected chi connectivity index (χ4v) is 3.00. The zero-order valence-corrected chi connectivity index (χ0v) is 15.0. The molecule has 1 atom stereocenters. The van der Waals surface area contributed by atoms with Crippen LogP contribution in [0.1, 0.15) is 29.6 Å². The lowest BCUT2D eigenvalue weighted by Gasteiger charge is -2.15. The molecule has 1 saturated heterocycles. The summed E-state index contributed by atoms with van der Waals surface area (Å²) in [5.74, 6) is -0.976. The van der Waals surface area contributed by atoms with Crippen LogP contribution in [0.25, 0.3) is 22.4 Å². The molecule has 0 spiro atoms. The first-order valence-electron chi connectivity index (χ1n) is 8.66. The minimum atomic E-state index is -0.707. The molecule has 4 rings (SSSR count). The smallest absolute Gasteiger partial charge is 0.182 e. The third-order valence-electron chi connectivity index (χ3n) is 4.61. The second-order valence-corrected chi connectivity index (χ2v) is 6.50. The second-order valence-electron chi connectivity index (χ2n) is 6.50. The molecule has 6 nitrogen and oxygen atoms in total. The average molecular weight is 372 g/mol. The summed E-state index contributed by atoms with van der Waals surface area (Å²) >= 11 is 0. The van der Waals surface area contributed by atoms with E-state index in [1.165, 1.54) is 12.1 Å². The second kappa shape index (κ2) is 7.21. The Kier molecular flexibility index (Phi) is 4.75. The predicted octanol–water partition coefficient (Wildman–Crippen LogP) is 3.46. The molecule has 0 bridgehead atoms. The van der Waals surface area contributed by atoms with Gasteiger partial charge in [-0.15, -0.1) is 0 Å². The van der Waals surface area contributed by atoms with E-state index in [4.69, 9.17) is 9.47 Å². The molecule has 2 aromatic heterocycles. The van der Waals surface area contributed by atoms with Gasteiger partial charge in [0.2, 0.25) is 0 Å². The number of halogens is 2. The van der Waals surface area contributed by atoms with Crippen molar-refractivity contribution in [3.05, 3.63) is 47.0 Å². The first-order chi connectivity index (χ1) is 13.0. The predicted molar refractivity (Wildman–Crippen MR) is 94.1 cm³/mol. The van der Waals surface area contributed by atoms with Crippen LogP contribution < -0.4 is 0 Å². The Labute approximate surface area is 154 Å². The molecule has 1 aliphatic rings. The van der Waals surface area contributed by atoms with Gasteiger partial charge in [-0.1, -0.05) is 0 Å². The molecule has 0 saturated carbocycles. The van der Waals surface area contributed by atoms with Crippen LogP contribution in [0.15, 0.2) is 18.2 Å². The van der Waals surface area contributed by atoms with Crippen molar-refractivity contribution in [3.63, 3.8) is 0 Å². The van der Waals surface area contributed by atoms with Gasteiger partial charge in [0, 0.05) is 17.5 Å². The largest absolute Gasteiger partial charge is 0.355 e. The molecular formula is C19H18F2N4O2. The van der Waals surface area contributed by atoms with Gasteiger partial charge >= 0.3 is 0 Å². The van der Waals surface area contributed by atoms with E-state index in [0.29, 0.717) is 48.0 Å². The minimum Gasteiger partial charge on any atom is -0.355 e. The lowest BCUT2D eigenvalue weighted by molar-refractivity contribution is -0.0332. The molecule has 0 radical (unpaired) electrons. The van der Waals surface area contributed by atoms with Crippen molar-refractivity contribution in [2.45, 2.75) is 26.2 Å². The van der Waals surface area contributed by atoms with E-state index in [-0.39, 0.29) is 18.3 Å². The van der Waals surface area contributed by atoms with E-state index in [2.05, 4.69) is 19.9 Å². The molecule has 1 aliphatic heterocycles. The Balaban J connectivity index is 1.95. The highest BCUT2D eigenvalue weighted by Crippen LogP contribution is 2.30. The Morgan fingerprint density at radius 1 is 1.00 bits per heavy atom. The highest BCUT2D eigenvalue weighted by Gasteiger charge is 2.23. The van der Waals surface area contributed by atoms with Crippen molar-refractivity contribution in [3.8, 4) is 11.3 Å². The van der Waals surface area contributed by atoms with Crippen LogP contribution in [0.2, 0.25) is 0 Å². The van der Waals surface area contributed by atoms with Gasteiger partial charge < -0.3 is 9.47 Å². The van der Waals surface area contributed by atoms with Crippen molar-refractivity contribution in [1.29, 1.82) is 0 Å². The number of rotatable bonds is 2. The van der Waals surface area contributed by atoms with E-state index in [0.717, 1.165) is 11.8 Å². The van der Waals surface area contributed by atoms with Crippen LogP contribution >= 0.6 is 0 Å². The van der Waals surface area contributed by atoms with Crippen LogP contribution in [-0.4, -0.2) is 39.9 Å². The van der Waals surface area contributed by atoms with E-state index >= 15 is 0 Å². The summed E-state index contributed by atoms with van der Waals surface area (Å²) < 4.78 is 38.6. The fourth-order valence-electron chi connectivity index (χ4n) is 3.00. The highest BCUT2D eigenvalue weighted by atomic mass is 19.1. The van der Waals surface area contributed by atoms with Gasteiger partial charge in [0.25, 0.3) is 0 Å². The zero-order chi connectivity index (χ0) is 19.0. The SMILES string of the molecule is Cc1nc2nc(C3CCOCOC3)nc(-c3ccc(F)cc3F)c2nc1C. The van der Waals surface area contributed by atoms with Crippen LogP contribution in [0.5, 0.6) is 0 Å². The monoisotopic (exact) mass is 372 g/mol. The van der Waals surface area contributed by atoms with Crippen molar-refractivity contribution in [2.75, 3.05) is 20.0 Å². The Bertz CT molecular complexity index is 1000. The van der Waals surface area contributed by atoms with Gasteiger partial charge in [-0.3, -0.25) is 0 Å². The fraction of sp³-hybridized carbons (Fsp3) is 0.368. The molecule has 8 heteroatoms. The summed E-state index contributed by atoms with van der Waals surface area (Å²) in [6, 6.07) is 3.39. The zero-order valence-electron chi connectivity index (χ0n) is 15.0. The number of fused-ring (bicyclic) bond motifs is 1. The Morgan fingerprint density at radius 2 is 1.81 bits per heavy atom. The molecule has 1 fully saturated rings. The molecule has 0 aliphatic carbocycles.